The molecule has 0 heterocycles. The van der Waals surface area contributed by atoms with Crippen LogP contribution in [0, 0.1) is 11.8 Å². The topological polar surface area (TPSA) is 0 Å². The zero-order valence-corrected chi connectivity index (χ0v) is 8.47. The highest BCUT2D eigenvalue weighted by atomic mass is 32.2. The van der Waals surface area contributed by atoms with Crippen molar-refractivity contribution in [3.05, 3.63) is 47.4 Å². The fourth-order valence-electron chi connectivity index (χ4n) is 0.910. The lowest BCUT2D eigenvalue weighted by Gasteiger charge is -1.90. The molecule has 0 nitrogen and oxygen atoms in total. The lowest BCUT2D eigenvalue weighted by molar-refractivity contribution is 1.32. The molecule has 0 radical (unpaired) electrons. The van der Waals surface area contributed by atoms with Crippen molar-refractivity contribution >= 4 is 11.8 Å². The van der Waals surface area contributed by atoms with Gasteiger partial charge in [-0.15, -0.1) is 11.8 Å². The Labute approximate surface area is 84.1 Å². The number of thioether (sulfide) groups is 1. The number of hydrogen-bond acceptors (Lipinski definition) is 1. The van der Waals surface area contributed by atoms with Crippen molar-refractivity contribution in [1.82, 2.24) is 0 Å². The van der Waals surface area contributed by atoms with Gasteiger partial charge in [0.1, 0.15) is 0 Å². The third-order valence-electron chi connectivity index (χ3n) is 1.52. The number of allylic oxidation sites excluding steroid dienone is 1. The van der Waals surface area contributed by atoms with Gasteiger partial charge in [-0.3, -0.25) is 0 Å². The Bertz CT molecular complexity index is 314. The van der Waals surface area contributed by atoms with E-state index in [1.807, 2.05) is 35.9 Å². The van der Waals surface area contributed by atoms with Crippen molar-refractivity contribution < 1.29 is 0 Å². The molecule has 0 saturated heterocycles. The van der Waals surface area contributed by atoms with E-state index in [1.165, 1.54) is 5.56 Å². The summed E-state index contributed by atoms with van der Waals surface area (Å²) in [6, 6.07) is 10.3. The van der Waals surface area contributed by atoms with E-state index in [1.54, 1.807) is 11.8 Å². The highest BCUT2D eigenvalue weighted by Gasteiger charge is 1.83. The van der Waals surface area contributed by atoms with E-state index < -0.39 is 0 Å². The van der Waals surface area contributed by atoms with Gasteiger partial charge < -0.3 is 0 Å². The van der Waals surface area contributed by atoms with E-state index in [0.717, 1.165) is 6.42 Å². The van der Waals surface area contributed by atoms with Gasteiger partial charge >= 0.3 is 0 Å². The zero-order chi connectivity index (χ0) is 9.36. The van der Waals surface area contributed by atoms with Crippen LogP contribution in [0.25, 0.3) is 0 Å². The molecule has 0 aliphatic rings. The first-order valence-corrected chi connectivity index (χ1v) is 5.42. The Morgan fingerprint density at radius 3 is 2.77 bits per heavy atom. The Balaban J connectivity index is 2.42. The molecule has 0 bridgehead atoms. The van der Waals surface area contributed by atoms with Crippen LogP contribution in [0.3, 0.4) is 0 Å². The van der Waals surface area contributed by atoms with Gasteiger partial charge in [0.15, 0.2) is 0 Å². The SMILES string of the molecule is CS/C=C/C#CCc1ccccc1. The van der Waals surface area contributed by atoms with Gasteiger partial charge in [0.25, 0.3) is 0 Å². The Morgan fingerprint density at radius 2 is 2.08 bits per heavy atom. The summed E-state index contributed by atoms with van der Waals surface area (Å²) < 4.78 is 0. The molecular weight excluding hydrogens is 176 g/mol. The maximum Gasteiger partial charge on any atom is 0.0343 e. The first kappa shape index (κ1) is 9.95. The highest BCUT2D eigenvalue weighted by Crippen LogP contribution is 1.98. The van der Waals surface area contributed by atoms with Crippen LogP contribution in [-0.4, -0.2) is 6.26 Å². The van der Waals surface area contributed by atoms with Crippen molar-refractivity contribution in [3.63, 3.8) is 0 Å². The molecule has 1 aromatic rings. The molecule has 0 N–H and O–H groups in total. The van der Waals surface area contributed by atoms with Gasteiger partial charge in [-0.05, 0) is 23.3 Å². The third-order valence-corrected chi connectivity index (χ3v) is 1.93. The molecule has 1 heteroatoms. The number of hydrogen-bond donors (Lipinski definition) is 0. The minimum atomic E-state index is 0.833. The molecule has 13 heavy (non-hydrogen) atoms. The molecule has 1 rings (SSSR count). The highest BCUT2D eigenvalue weighted by molar-refractivity contribution is 8.01. The van der Waals surface area contributed by atoms with Gasteiger partial charge in [-0.2, -0.15) is 0 Å². The minimum absolute atomic E-state index is 0.833. The van der Waals surface area contributed by atoms with Gasteiger partial charge in [-0.25, -0.2) is 0 Å². The minimum Gasteiger partial charge on any atom is -0.137 e. The van der Waals surface area contributed by atoms with Crippen LogP contribution in [0.1, 0.15) is 5.56 Å². The summed E-state index contributed by atoms with van der Waals surface area (Å²) in [7, 11) is 0. The molecule has 0 aromatic heterocycles. The maximum absolute atomic E-state index is 3.09. The number of benzene rings is 1. The average Bonchev–Trinajstić information content (AvgIpc) is 2.19. The lowest BCUT2D eigenvalue weighted by Crippen LogP contribution is -1.77. The zero-order valence-electron chi connectivity index (χ0n) is 7.66. The smallest absolute Gasteiger partial charge is 0.0343 e. The molecule has 66 valence electrons. The van der Waals surface area contributed by atoms with Crippen LogP contribution in [0.4, 0.5) is 0 Å². The van der Waals surface area contributed by atoms with E-state index in [4.69, 9.17) is 0 Å². The second-order valence-electron chi connectivity index (χ2n) is 2.52. The second-order valence-corrected chi connectivity index (χ2v) is 3.27. The van der Waals surface area contributed by atoms with Gasteiger partial charge in [-0.1, -0.05) is 42.2 Å². The van der Waals surface area contributed by atoms with Crippen molar-refractivity contribution in [2.75, 3.05) is 6.26 Å². The van der Waals surface area contributed by atoms with E-state index in [2.05, 4.69) is 24.0 Å². The second kappa shape index (κ2) is 6.39. The lowest BCUT2D eigenvalue weighted by atomic mass is 10.2. The normalized spacial score (nSPS) is 9.62. The van der Waals surface area contributed by atoms with E-state index in [9.17, 15) is 0 Å². The number of rotatable bonds is 2. The van der Waals surface area contributed by atoms with Crippen molar-refractivity contribution in [2.45, 2.75) is 6.42 Å². The molecule has 0 aliphatic carbocycles. The van der Waals surface area contributed by atoms with Gasteiger partial charge in [0.05, 0.1) is 0 Å². The summed E-state index contributed by atoms with van der Waals surface area (Å²) in [6.07, 6.45) is 4.74. The van der Waals surface area contributed by atoms with Crippen LogP contribution in [0.2, 0.25) is 0 Å². The van der Waals surface area contributed by atoms with Crippen LogP contribution in [-0.2, 0) is 6.42 Å². The summed E-state index contributed by atoms with van der Waals surface area (Å²) in [5.74, 6) is 6.07. The van der Waals surface area contributed by atoms with Crippen molar-refractivity contribution in [2.24, 2.45) is 0 Å². The van der Waals surface area contributed by atoms with E-state index in [-0.39, 0.29) is 0 Å². The average molecular weight is 188 g/mol. The van der Waals surface area contributed by atoms with Gasteiger partial charge in [0, 0.05) is 6.42 Å². The quantitative estimate of drug-likeness (QED) is 0.643. The monoisotopic (exact) mass is 188 g/mol. The molecule has 0 atom stereocenters. The fourth-order valence-corrected chi connectivity index (χ4v) is 1.11. The van der Waals surface area contributed by atoms with E-state index >= 15 is 0 Å². The Kier molecular flexibility index (Phi) is 4.90. The van der Waals surface area contributed by atoms with Crippen molar-refractivity contribution in [3.8, 4) is 11.8 Å². The van der Waals surface area contributed by atoms with Crippen LogP contribution in [0.5, 0.6) is 0 Å². The molecule has 0 aliphatic heterocycles. The van der Waals surface area contributed by atoms with Crippen LogP contribution < -0.4 is 0 Å². The molecule has 0 unspecified atom stereocenters. The standard InChI is InChI=1S/C12H12S/c1-13-11-7-3-6-10-12-8-4-2-5-9-12/h2,4-5,7-9,11H,10H2,1H3/b11-7+. The van der Waals surface area contributed by atoms with Crippen molar-refractivity contribution in [1.29, 1.82) is 0 Å². The molecule has 0 fully saturated rings. The third kappa shape index (κ3) is 4.45. The molecule has 0 saturated carbocycles. The summed E-state index contributed by atoms with van der Waals surface area (Å²) >= 11 is 1.66. The molecule has 0 amide bonds. The largest absolute Gasteiger partial charge is 0.137 e. The van der Waals surface area contributed by atoms with Crippen LogP contribution >= 0.6 is 11.8 Å². The summed E-state index contributed by atoms with van der Waals surface area (Å²) in [6.45, 7) is 0. The molecule has 0 spiro atoms. The van der Waals surface area contributed by atoms with E-state index in [0.29, 0.717) is 0 Å². The summed E-state index contributed by atoms with van der Waals surface area (Å²) in [5.41, 5.74) is 1.27. The molecular formula is C12H12S. The molecule has 1 aromatic carbocycles. The Hall–Kier alpha value is -1.13. The predicted molar refractivity (Wildman–Crippen MR) is 60.6 cm³/mol. The first-order chi connectivity index (χ1) is 6.43. The fraction of sp³-hybridized carbons (Fsp3) is 0.167. The summed E-state index contributed by atoms with van der Waals surface area (Å²) in [5, 5.41) is 1.98. The summed E-state index contributed by atoms with van der Waals surface area (Å²) in [4.78, 5) is 0. The van der Waals surface area contributed by atoms with Crippen LogP contribution in [0.15, 0.2) is 41.8 Å². The Morgan fingerprint density at radius 1 is 1.31 bits per heavy atom. The first-order valence-electron chi connectivity index (χ1n) is 4.13. The van der Waals surface area contributed by atoms with Gasteiger partial charge in [0.2, 0.25) is 0 Å². The predicted octanol–water partition coefficient (Wildman–Crippen LogP) is 3.11. The maximum atomic E-state index is 3.09.